The number of amides is 1. The Morgan fingerprint density at radius 1 is 0.946 bits per heavy atom. The lowest BCUT2D eigenvalue weighted by molar-refractivity contribution is -0.161. The maximum absolute atomic E-state index is 13.5. The van der Waals surface area contributed by atoms with Crippen LogP contribution in [-0.4, -0.2) is 27.9 Å². The number of rotatable bonds is 10. The Labute approximate surface area is 217 Å². The van der Waals surface area contributed by atoms with Gasteiger partial charge in [-0.25, -0.2) is 9.59 Å². The minimum Gasteiger partial charge on any atom is -0.512 e. The summed E-state index contributed by atoms with van der Waals surface area (Å²) in [5.41, 5.74) is 2.90. The van der Waals surface area contributed by atoms with Gasteiger partial charge in [-0.3, -0.25) is 5.32 Å². The number of carbonyl (C=O) groups is 2. The Balaban J connectivity index is 1.62. The number of aliphatic hydroxyl groups is 1. The molecule has 0 aliphatic carbocycles. The maximum Gasteiger partial charge on any atom is 0.409 e. The number of ether oxygens (including phenoxy) is 1. The van der Waals surface area contributed by atoms with Gasteiger partial charge in [-0.1, -0.05) is 79.7 Å². The lowest BCUT2D eigenvalue weighted by Crippen LogP contribution is -2.42. The maximum atomic E-state index is 13.5. The Bertz CT molecular complexity index is 1210. The summed E-state index contributed by atoms with van der Waals surface area (Å²) >= 11 is 0. The van der Waals surface area contributed by atoms with Crippen LogP contribution in [-0.2, 0) is 22.4 Å². The van der Waals surface area contributed by atoms with Crippen LogP contribution in [0.4, 0.5) is 10.5 Å². The molecule has 3 aromatic rings. The van der Waals surface area contributed by atoms with E-state index in [1.165, 1.54) is 0 Å². The fourth-order valence-electron chi connectivity index (χ4n) is 5.15. The van der Waals surface area contributed by atoms with E-state index in [0.717, 1.165) is 29.5 Å². The monoisotopic (exact) mass is 499 g/mol. The van der Waals surface area contributed by atoms with Crippen molar-refractivity contribution >= 4 is 17.7 Å². The summed E-state index contributed by atoms with van der Waals surface area (Å²) in [6.07, 6.45) is 2.29. The van der Waals surface area contributed by atoms with Gasteiger partial charge < -0.3 is 14.9 Å². The first-order valence-corrected chi connectivity index (χ1v) is 12.7. The summed E-state index contributed by atoms with van der Waals surface area (Å²) < 4.78 is 6.23. The van der Waals surface area contributed by atoms with E-state index in [1.54, 1.807) is 18.2 Å². The summed E-state index contributed by atoms with van der Waals surface area (Å²) in [5.74, 6) is -0.863. The lowest BCUT2D eigenvalue weighted by Gasteiger charge is -2.39. The second kappa shape index (κ2) is 11.8. The molecule has 0 saturated carbocycles. The van der Waals surface area contributed by atoms with Gasteiger partial charge >= 0.3 is 12.1 Å². The van der Waals surface area contributed by atoms with Crippen LogP contribution in [0.5, 0.6) is 0 Å². The number of carboxylic acid groups (broad SMARTS) is 1. The summed E-state index contributed by atoms with van der Waals surface area (Å²) in [6, 6.07) is 27.1. The van der Waals surface area contributed by atoms with Gasteiger partial charge in [-0.15, -0.1) is 0 Å². The van der Waals surface area contributed by atoms with E-state index in [2.05, 4.69) is 29.6 Å². The van der Waals surface area contributed by atoms with Crippen LogP contribution < -0.4 is 5.32 Å². The molecule has 3 N–H and O–H groups in total. The van der Waals surface area contributed by atoms with Gasteiger partial charge in [0.25, 0.3) is 0 Å². The van der Waals surface area contributed by atoms with Crippen LogP contribution in [0, 0.1) is 0 Å². The standard InChI is InChI=1S/C31H33NO5/c1-2-26(24-14-9-15-25(20-24)32-30(35)36)28-27(33)21-31(37-29(28)34,18-16-22-10-5-3-6-11-22)19-17-23-12-7-4-8-13-23/h3-15,20,26,32-33H,2,16-19,21H2,1H3,(H,35,36). The Kier molecular flexibility index (Phi) is 8.29. The lowest BCUT2D eigenvalue weighted by atomic mass is 9.79. The molecule has 37 heavy (non-hydrogen) atoms. The molecule has 1 aliphatic heterocycles. The number of hydrogen-bond acceptors (Lipinski definition) is 4. The number of anilines is 1. The van der Waals surface area contributed by atoms with Gasteiger partial charge in [0, 0.05) is 18.0 Å². The number of esters is 1. The molecule has 1 aliphatic rings. The van der Waals surface area contributed by atoms with E-state index in [0.29, 0.717) is 24.9 Å². The van der Waals surface area contributed by atoms with E-state index in [9.17, 15) is 14.7 Å². The highest BCUT2D eigenvalue weighted by Crippen LogP contribution is 2.42. The van der Waals surface area contributed by atoms with Crippen molar-refractivity contribution < 1.29 is 24.5 Å². The number of carbonyl (C=O) groups excluding carboxylic acids is 1. The highest BCUT2D eigenvalue weighted by atomic mass is 16.6. The molecule has 6 heteroatoms. The summed E-state index contributed by atoms with van der Waals surface area (Å²) in [7, 11) is 0. The van der Waals surface area contributed by atoms with Crippen molar-refractivity contribution in [2.75, 3.05) is 5.32 Å². The third-order valence-corrected chi connectivity index (χ3v) is 7.05. The van der Waals surface area contributed by atoms with Gasteiger partial charge in [0.1, 0.15) is 11.4 Å². The van der Waals surface area contributed by atoms with Crippen LogP contribution in [0.1, 0.15) is 55.2 Å². The third kappa shape index (κ3) is 6.58. The first kappa shape index (κ1) is 26.0. The molecular formula is C31H33NO5. The van der Waals surface area contributed by atoms with Crippen molar-refractivity contribution in [2.45, 2.75) is 57.0 Å². The number of benzene rings is 3. The van der Waals surface area contributed by atoms with Crippen molar-refractivity contribution in [1.29, 1.82) is 0 Å². The van der Waals surface area contributed by atoms with Crippen LogP contribution in [0.15, 0.2) is 96.3 Å². The molecule has 4 rings (SSSR count). The molecule has 6 nitrogen and oxygen atoms in total. The quantitative estimate of drug-likeness (QED) is 0.260. The Morgan fingerprint density at radius 3 is 2.05 bits per heavy atom. The van der Waals surface area contributed by atoms with Crippen molar-refractivity contribution in [1.82, 2.24) is 0 Å². The molecule has 1 atom stereocenters. The predicted octanol–water partition coefficient (Wildman–Crippen LogP) is 7.03. The smallest absolute Gasteiger partial charge is 0.409 e. The molecular weight excluding hydrogens is 466 g/mol. The van der Waals surface area contributed by atoms with Crippen LogP contribution in [0.2, 0.25) is 0 Å². The van der Waals surface area contributed by atoms with Crippen LogP contribution in [0.3, 0.4) is 0 Å². The van der Waals surface area contributed by atoms with Crippen molar-refractivity contribution in [3.8, 4) is 0 Å². The molecule has 0 spiro atoms. The largest absolute Gasteiger partial charge is 0.512 e. The number of aryl methyl sites for hydroxylation is 2. The number of cyclic esters (lactones) is 1. The highest BCUT2D eigenvalue weighted by molar-refractivity contribution is 5.92. The van der Waals surface area contributed by atoms with Gasteiger partial charge in [0.15, 0.2) is 0 Å². The van der Waals surface area contributed by atoms with E-state index >= 15 is 0 Å². The molecule has 1 unspecified atom stereocenters. The highest BCUT2D eigenvalue weighted by Gasteiger charge is 2.43. The van der Waals surface area contributed by atoms with Crippen molar-refractivity contribution in [3.63, 3.8) is 0 Å². The summed E-state index contributed by atoms with van der Waals surface area (Å²) in [6.45, 7) is 1.93. The minimum absolute atomic E-state index is 0.0563. The van der Waals surface area contributed by atoms with E-state index < -0.39 is 23.6 Å². The van der Waals surface area contributed by atoms with Crippen LogP contribution >= 0.6 is 0 Å². The predicted molar refractivity (Wildman–Crippen MR) is 144 cm³/mol. The zero-order chi connectivity index (χ0) is 26.3. The third-order valence-electron chi connectivity index (χ3n) is 7.05. The van der Waals surface area contributed by atoms with Crippen molar-refractivity contribution in [2.24, 2.45) is 0 Å². The van der Waals surface area contributed by atoms with Gasteiger partial charge in [0.2, 0.25) is 0 Å². The molecule has 0 saturated heterocycles. The Hall–Kier alpha value is -4.06. The molecule has 0 aromatic heterocycles. The first-order chi connectivity index (χ1) is 17.9. The van der Waals surface area contributed by atoms with Gasteiger partial charge in [0.05, 0.1) is 5.57 Å². The molecule has 3 aromatic carbocycles. The molecule has 0 radical (unpaired) electrons. The molecule has 0 bridgehead atoms. The SMILES string of the molecule is CCC(C1=C(O)CC(CCc2ccccc2)(CCc2ccccc2)OC1=O)c1cccc(NC(=O)O)c1. The molecule has 0 fully saturated rings. The fourth-order valence-corrected chi connectivity index (χ4v) is 5.15. The van der Waals surface area contributed by atoms with Crippen LogP contribution in [0.25, 0.3) is 0 Å². The summed E-state index contributed by atoms with van der Waals surface area (Å²) in [4.78, 5) is 24.6. The average Bonchev–Trinajstić information content (AvgIpc) is 2.89. The van der Waals surface area contributed by atoms with Crippen molar-refractivity contribution in [3.05, 3.63) is 113 Å². The molecule has 1 amide bonds. The Morgan fingerprint density at radius 2 is 1.54 bits per heavy atom. The second-order valence-electron chi connectivity index (χ2n) is 9.60. The first-order valence-electron chi connectivity index (χ1n) is 12.7. The number of hydrogen-bond donors (Lipinski definition) is 3. The molecule has 192 valence electrons. The normalized spacial score (nSPS) is 15.6. The van der Waals surface area contributed by atoms with Gasteiger partial charge in [-0.05, 0) is 60.9 Å². The zero-order valence-electron chi connectivity index (χ0n) is 21.0. The van der Waals surface area contributed by atoms with Gasteiger partial charge in [-0.2, -0.15) is 0 Å². The summed E-state index contributed by atoms with van der Waals surface area (Å²) in [5, 5.41) is 22.7. The molecule has 1 heterocycles. The topological polar surface area (TPSA) is 95.9 Å². The fraction of sp³-hybridized carbons (Fsp3) is 0.290. The zero-order valence-corrected chi connectivity index (χ0v) is 21.0. The number of nitrogens with one attached hydrogen (secondary N) is 1. The minimum atomic E-state index is -1.16. The number of aliphatic hydroxyl groups excluding tert-OH is 1. The van der Waals surface area contributed by atoms with E-state index in [1.807, 2.05) is 49.4 Å². The average molecular weight is 500 g/mol. The van der Waals surface area contributed by atoms with E-state index in [-0.39, 0.29) is 17.8 Å². The van der Waals surface area contributed by atoms with E-state index in [4.69, 9.17) is 9.84 Å². The second-order valence-corrected chi connectivity index (χ2v) is 9.60.